The first-order chi connectivity index (χ1) is 7.69. The number of aryl methyl sites for hydroxylation is 2. The van der Waals surface area contributed by atoms with Gasteiger partial charge in [-0.1, -0.05) is 0 Å². The van der Waals surface area contributed by atoms with E-state index in [-0.39, 0.29) is 0 Å². The fourth-order valence-corrected chi connectivity index (χ4v) is 1.76. The van der Waals surface area contributed by atoms with Crippen LogP contribution in [0, 0.1) is 25.2 Å². The van der Waals surface area contributed by atoms with E-state index in [0.717, 1.165) is 11.5 Å². The Morgan fingerprint density at radius 2 is 2.12 bits per heavy atom. The Morgan fingerprint density at radius 1 is 1.31 bits per heavy atom. The summed E-state index contributed by atoms with van der Waals surface area (Å²) in [5.74, 6) is 0.795. The van der Waals surface area contributed by atoms with Crippen LogP contribution < -0.4 is 0 Å². The molecule has 2 heterocycles. The highest BCUT2D eigenvalue weighted by Gasteiger charge is 2.08. The van der Waals surface area contributed by atoms with Crippen LogP contribution in [0.3, 0.4) is 0 Å². The Hall–Kier alpha value is -1.87. The van der Waals surface area contributed by atoms with Crippen molar-refractivity contribution < 1.29 is 4.42 Å². The molecule has 0 saturated carbocycles. The molecule has 2 rings (SSSR count). The summed E-state index contributed by atoms with van der Waals surface area (Å²) >= 11 is 1.28. The second-order valence-electron chi connectivity index (χ2n) is 3.09. The van der Waals surface area contributed by atoms with Crippen molar-refractivity contribution in [3.8, 4) is 6.07 Å². The molecule has 0 fully saturated rings. The van der Waals surface area contributed by atoms with Crippen molar-refractivity contribution in [1.29, 1.82) is 5.26 Å². The van der Waals surface area contributed by atoms with E-state index in [1.165, 1.54) is 11.8 Å². The topological polar surface area (TPSA) is 75.6 Å². The second kappa shape index (κ2) is 4.33. The zero-order valence-corrected chi connectivity index (χ0v) is 9.58. The van der Waals surface area contributed by atoms with Crippen molar-refractivity contribution >= 4 is 11.8 Å². The van der Waals surface area contributed by atoms with Gasteiger partial charge < -0.3 is 4.42 Å². The lowest BCUT2D eigenvalue weighted by Gasteiger charge is -1.93. The number of oxazole rings is 1. The predicted octanol–water partition coefficient (Wildman–Crippen LogP) is 2.10. The highest BCUT2D eigenvalue weighted by Crippen LogP contribution is 2.26. The number of rotatable bonds is 2. The molecule has 0 saturated heterocycles. The molecule has 0 aliphatic heterocycles. The monoisotopic (exact) mass is 232 g/mol. The highest BCUT2D eigenvalue weighted by molar-refractivity contribution is 7.99. The van der Waals surface area contributed by atoms with Gasteiger partial charge in [0.05, 0.1) is 5.69 Å². The highest BCUT2D eigenvalue weighted by atomic mass is 32.2. The third-order valence-electron chi connectivity index (χ3n) is 1.96. The van der Waals surface area contributed by atoms with E-state index in [9.17, 15) is 0 Å². The van der Waals surface area contributed by atoms with Gasteiger partial charge >= 0.3 is 0 Å². The standard InChI is InChI=1S/C10H8N4OS/c1-6-7(2)15-10(12-6)16-9-4-3-8(5-11)13-14-9/h3-4H,1-2H3. The summed E-state index contributed by atoms with van der Waals surface area (Å²) in [5.41, 5.74) is 1.16. The molecule has 16 heavy (non-hydrogen) atoms. The average molecular weight is 232 g/mol. The maximum absolute atomic E-state index is 8.57. The molecular formula is C10H8N4OS. The quantitative estimate of drug-likeness (QED) is 0.789. The molecule has 5 nitrogen and oxygen atoms in total. The van der Waals surface area contributed by atoms with Crippen molar-refractivity contribution in [3.63, 3.8) is 0 Å². The average Bonchev–Trinajstić information content (AvgIpc) is 2.59. The third kappa shape index (κ3) is 2.20. The number of hydrogen-bond donors (Lipinski definition) is 0. The minimum absolute atomic E-state index is 0.295. The molecule has 0 aromatic carbocycles. The summed E-state index contributed by atoms with van der Waals surface area (Å²) in [6.07, 6.45) is 0. The van der Waals surface area contributed by atoms with Crippen LogP contribution in [-0.4, -0.2) is 15.2 Å². The number of nitriles is 1. The molecule has 0 amide bonds. The van der Waals surface area contributed by atoms with E-state index >= 15 is 0 Å². The molecular weight excluding hydrogens is 224 g/mol. The molecule has 2 aromatic rings. The van der Waals surface area contributed by atoms with Gasteiger partial charge in [-0.2, -0.15) is 5.26 Å². The van der Waals surface area contributed by atoms with E-state index in [0.29, 0.717) is 15.9 Å². The van der Waals surface area contributed by atoms with Crippen molar-refractivity contribution in [2.24, 2.45) is 0 Å². The van der Waals surface area contributed by atoms with E-state index in [1.807, 2.05) is 19.9 Å². The molecule has 6 heteroatoms. The van der Waals surface area contributed by atoms with Crippen LogP contribution in [0.1, 0.15) is 17.1 Å². The van der Waals surface area contributed by atoms with Gasteiger partial charge in [-0.15, -0.1) is 10.2 Å². The fraction of sp³-hybridized carbons (Fsp3) is 0.200. The third-order valence-corrected chi connectivity index (χ3v) is 2.73. The molecule has 0 bridgehead atoms. The molecule has 2 aromatic heterocycles. The number of aromatic nitrogens is 3. The lowest BCUT2D eigenvalue weighted by atomic mass is 10.4. The van der Waals surface area contributed by atoms with Gasteiger partial charge in [-0.3, -0.25) is 0 Å². The maximum Gasteiger partial charge on any atom is 0.262 e. The second-order valence-corrected chi connectivity index (χ2v) is 4.06. The van der Waals surface area contributed by atoms with Gasteiger partial charge in [-0.05, 0) is 37.7 Å². The molecule has 0 spiro atoms. The summed E-state index contributed by atoms with van der Waals surface area (Å²) in [5, 5.41) is 17.4. The van der Waals surface area contributed by atoms with Gasteiger partial charge in [0.15, 0.2) is 5.69 Å². The fourth-order valence-electron chi connectivity index (χ4n) is 1.01. The Morgan fingerprint density at radius 3 is 2.62 bits per heavy atom. The van der Waals surface area contributed by atoms with Gasteiger partial charge in [0.25, 0.3) is 5.22 Å². The molecule has 0 atom stereocenters. The van der Waals surface area contributed by atoms with Gasteiger partial charge in [0, 0.05) is 0 Å². The summed E-state index contributed by atoms with van der Waals surface area (Å²) < 4.78 is 5.39. The number of nitrogens with zero attached hydrogens (tertiary/aromatic N) is 4. The predicted molar refractivity (Wildman–Crippen MR) is 56.8 cm³/mol. The first-order valence-electron chi connectivity index (χ1n) is 4.55. The Bertz CT molecular complexity index is 521. The van der Waals surface area contributed by atoms with Crippen LogP contribution in [0.2, 0.25) is 0 Å². The van der Waals surface area contributed by atoms with E-state index < -0.39 is 0 Å². The van der Waals surface area contributed by atoms with E-state index in [4.69, 9.17) is 9.68 Å². The Kier molecular flexibility index (Phi) is 2.88. The number of hydrogen-bond acceptors (Lipinski definition) is 6. The van der Waals surface area contributed by atoms with Crippen LogP contribution in [0.15, 0.2) is 26.8 Å². The Balaban J connectivity index is 2.18. The van der Waals surface area contributed by atoms with Gasteiger partial charge in [0.2, 0.25) is 0 Å². The first kappa shape index (κ1) is 10.6. The summed E-state index contributed by atoms with van der Waals surface area (Å²) in [6.45, 7) is 3.74. The lowest BCUT2D eigenvalue weighted by Crippen LogP contribution is -1.88. The van der Waals surface area contributed by atoms with Crippen LogP contribution in [-0.2, 0) is 0 Å². The van der Waals surface area contributed by atoms with Gasteiger partial charge in [-0.25, -0.2) is 4.98 Å². The first-order valence-corrected chi connectivity index (χ1v) is 5.36. The molecule has 0 unspecified atom stereocenters. The summed E-state index contributed by atoms with van der Waals surface area (Å²) in [6, 6.07) is 5.23. The maximum atomic E-state index is 8.57. The van der Waals surface area contributed by atoms with Crippen LogP contribution >= 0.6 is 11.8 Å². The molecule has 0 aliphatic rings. The minimum atomic E-state index is 0.295. The smallest absolute Gasteiger partial charge is 0.262 e. The molecule has 80 valence electrons. The molecule has 0 radical (unpaired) electrons. The van der Waals surface area contributed by atoms with Crippen molar-refractivity contribution in [1.82, 2.24) is 15.2 Å². The minimum Gasteiger partial charge on any atom is -0.436 e. The van der Waals surface area contributed by atoms with Crippen LogP contribution in [0.4, 0.5) is 0 Å². The van der Waals surface area contributed by atoms with E-state index in [2.05, 4.69) is 15.2 Å². The van der Waals surface area contributed by atoms with Crippen LogP contribution in [0.25, 0.3) is 0 Å². The zero-order chi connectivity index (χ0) is 11.5. The van der Waals surface area contributed by atoms with E-state index in [1.54, 1.807) is 12.1 Å². The van der Waals surface area contributed by atoms with Crippen molar-refractivity contribution in [3.05, 3.63) is 29.3 Å². The largest absolute Gasteiger partial charge is 0.436 e. The summed E-state index contributed by atoms with van der Waals surface area (Å²) in [4.78, 5) is 4.21. The zero-order valence-electron chi connectivity index (χ0n) is 8.76. The SMILES string of the molecule is Cc1nc(Sc2ccc(C#N)nn2)oc1C. The van der Waals surface area contributed by atoms with Gasteiger partial charge in [0.1, 0.15) is 16.9 Å². The van der Waals surface area contributed by atoms with Crippen molar-refractivity contribution in [2.45, 2.75) is 24.1 Å². The van der Waals surface area contributed by atoms with Crippen molar-refractivity contribution in [2.75, 3.05) is 0 Å². The molecule has 0 N–H and O–H groups in total. The lowest BCUT2D eigenvalue weighted by molar-refractivity contribution is 0.431. The molecule has 0 aliphatic carbocycles. The van der Waals surface area contributed by atoms with Crippen LogP contribution in [0.5, 0.6) is 0 Å². The normalized spacial score (nSPS) is 10.1. The summed E-state index contributed by atoms with van der Waals surface area (Å²) in [7, 11) is 0. The Labute approximate surface area is 96.5 Å².